The zero-order chi connectivity index (χ0) is 30.9. The van der Waals surface area contributed by atoms with Gasteiger partial charge in [0, 0.05) is 53.1 Å². The first-order chi connectivity index (χ1) is 19.9. The van der Waals surface area contributed by atoms with E-state index in [-0.39, 0.29) is 54.9 Å². The van der Waals surface area contributed by atoms with E-state index in [0.29, 0.717) is 27.2 Å². The Kier molecular flexibility index (Phi) is 12.8. The van der Waals surface area contributed by atoms with Crippen molar-refractivity contribution in [2.24, 2.45) is 0 Å². The van der Waals surface area contributed by atoms with E-state index >= 15 is 0 Å². The van der Waals surface area contributed by atoms with E-state index in [0.717, 1.165) is 22.5 Å². The van der Waals surface area contributed by atoms with Crippen molar-refractivity contribution in [3.63, 3.8) is 0 Å². The molecule has 0 aliphatic heterocycles. The van der Waals surface area contributed by atoms with E-state index < -0.39 is 16.1 Å². The summed E-state index contributed by atoms with van der Waals surface area (Å²) in [5.74, 6) is -0.662. The molecule has 0 aliphatic rings. The summed E-state index contributed by atoms with van der Waals surface area (Å²) in [6.45, 7) is 2.35. The number of sulfonamides is 1. The van der Waals surface area contributed by atoms with Crippen LogP contribution in [0.3, 0.4) is 0 Å². The van der Waals surface area contributed by atoms with Gasteiger partial charge in [0.05, 0.1) is 17.0 Å². The van der Waals surface area contributed by atoms with Crippen LogP contribution in [0.1, 0.15) is 37.3 Å². The summed E-state index contributed by atoms with van der Waals surface area (Å²) >= 11 is 25.4. The fraction of sp³-hybridized carbons (Fsp3) is 0.333. The Morgan fingerprint density at radius 2 is 1.57 bits per heavy atom. The normalized spacial score (nSPS) is 12.0. The number of anilines is 1. The third kappa shape index (κ3) is 9.51. The standard InChI is InChI=1S/C30H33Cl4N3O4S/c1-3-16-35-30(39)28(18-21-9-5-4-6-10-21)36(20-23-24(32)11-7-12-25(23)33)29(38)13-8-17-37(42(2,40)41)27-19-22(31)14-15-26(27)34/h4-7,9-12,14-15,19,28H,3,8,13,16-18,20H2,1-2H3,(H,35,39)/t28-/m0/s1. The molecule has 0 saturated carbocycles. The fourth-order valence-corrected chi connectivity index (χ4v) is 6.36. The molecule has 0 saturated heterocycles. The number of amides is 2. The molecule has 226 valence electrons. The molecular formula is C30H33Cl4N3O4S. The Hall–Kier alpha value is -2.49. The molecule has 1 atom stereocenters. The Balaban J connectivity index is 1.93. The van der Waals surface area contributed by atoms with Crippen molar-refractivity contribution in [2.75, 3.05) is 23.7 Å². The van der Waals surface area contributed by atoms with E-state index in [1.807, 2.05) is 37.3 Å². The predicted octanol–water partition coefficient (Wildman–Crippen LogP) is 7.01. The third-order valence-electron chi connectivity index (χ3n) is 6.54. The maximum Gasteiger partial charge on any atom is 0.243 e. The molecule has 12 heteroatoms. The molecular weight excluding hydrogens is 640 g/mol. The van der Waals surface area contributed by atoms with Crippen molar-refractivity contribution in [3.8, 4) is 0 Å². The van der Waals surface area contributed by atoms with E-state index in [2.05, 4.69) is 5.32 Å². The van der Waals surface area contributed by atoms with E-state index in [1.165, 1.54) is 17.0 Å². The maximum atomic E-state index is 13.9. The Labute approximate surface area is 267 Å². The molecule has 0 unspecified atom stereocenters. The SMILES string of the molecule is CCCNC(=O)[C@H](Cc1ccccc1)N(Cc1c(Cl)cccc1Cl)C(=O)CCCN(c1cc(Cl)ccc1Cl)S(C)(=O)=O. The van der Waals surface area contributed by atoms with Gasteiger partial charge in [0.1, 0.15) is 6.04 Å². The number of nitrogens with one attached hydrogen (secondary N) is 1. The first-order valence-electron chi connectivity index (χ1n) is 13.4. The van der Waals surface area contributed by atoms with Crippen molar-refractivity contribution in [1.29, 1.82) is 0 Å². The number of carbonyl (C=O) groups is 2. The molecule has 3 aromatic rings. The summed E-state index contributed by atoms with van der Waals surface area (Å²) < 4.78 is 26.5. The molecule has 1 N–H and O–H groups in total. The molecule has 0 fully saturated rings. The van der Waals surface area contributed by atoms with Crippen LogP contribution in [0.4, 0.5) is 5.69 Å². The smallest absolute Gasteiger partial charge is 0.243 e. The lowest BCUT2D eigenvalue weighted by molar-refractivity contribution is -0.141. The average Bonchev–Trinajstić information content (AvgIpc) is 2.94. The lowest BCUT2D eigenvalue weighted by atomic mass is 10.0. The summed E-state index contributed by atoms with van der Waals surface area (Å²) in [4.78, 5) is 28.9. The summed E-state index contributed by atoms with van der Waals surface area (Å²) in [6.07, 6.45) is 2.14. The second-order valence-corrected chi connectivity index (χ2v) is 13.3. The van der Waals surface area contributed by atoms with Gasteiger partial charge in [-0.3, -0.25) is 13.9 Å². The minimum Gasteiger partial charge on any atom is -0.354 e. The summed E-state index contributed by atoms with van der Waals surface area (Å²) in [6, 6.07) is 18.1. The van der Waals surface area contributed by atoms with Crippen LogP contribution in [0.5, 0.6) is 0 Å². The number of nitrogens with zero attached hydrogens (tertiary/aromatic N) is 2. The molecule has 0 radical (unpaired) electrons. The summed E-state index contributed by atoms with van der Waals surface area (Å²) in [7, 11) is -3.75. The first kappa shape index (κ1) is 34.0. The van der Waals surface area contributed by atoms with Crippen LogP contribution in [0.25, 0.3) is 0 Å². The van der Waals surface area contributed by atoms with Crippen LogP contribution in [0.15, 0.2) is 66.7 Å². The summed E-state index contributed by atoms with van der Waals surface area (Å²) in [5.41, 5.74) is 1.61. The number of halogens is 4. The molecule has 7 nitrogen and oxygen atoms in total. The van der Waals surface area contributed by atoms with Crippen molar-refractivity contribution in [1.82, 2.24) is 10.2 Å². The highest BCUT2D eigenvalue weighted by atomic mass is 35.5. The van der Waals surface area contributed by atoms with Crippen LogP contribution in [0, 0.1) is 0 Å². The number of rotatable bonds is 14. The van der Waals surface area contributed by atoms with Crippen LogP contribution >= 0.6 is 46.4 Å². The quantitative estimate of drug-likeness (QED) is 0.200. The molecule has 0 aromatic heterocycles. The van der Waals surface area contributed by atoms with Crippen molar-refractivity contribution in [2.45, 2.75) is 45.2 Å². The number of carbonyl (C=O) groups excluding carboxylic acids is 2. The number of benzene rings is 3. The van der Waals surface area contributed by atoms with Gasteiger partial charge in [-0.05, 0) is 48.7 Å². The van der Waals surface area contributed by atoms with Gasteiger partial charge >= 0.3 is 0 Å². The average molecular weight is 673 g/mol. The summed E-state index contributed by atoms with van der Waals surface area (Å²) in [5, 5.41) is 4.18. The van der Waals surface area contributed by atoms with E-state index in [1.54, 1.807) is 24.3 Å². The lowest BCUT2D eigenvalue weighted by Crippen LogP contribution is -2.50. The van der Waals surface area contributed by atoms with Gasteiger partial charge in [0.25, 0.3) is 0 Å². The highest BCUT2D eigenvalue weighted by Gasteiger charge is 2.31. The predicted molar refractivity (Wildman–Crippen MR) is 172 cm³/mol. The van der Waals surface area contributed by atoms with Gasteiger partial charge in [-0.25, -0.2) is 8.42 Å². The number of hydrogen-bond acceptors (Lipinski definition) is 4. The molecule has 3 aromatic carbocycles. The second kappa shape index (κ2) is 15.8. The maximum absolute atomic E-state index is 13.9. The molecule has 3 rings (SSSR count). The molecule has 0 bridgehead atoms. The van der Waals surface area contributed by atoms with Crippen LogP contribution in [-0.2, 0) is 32.6 Å². The van der Waals surface area contributed by atoms with E-state index in [9.17, 15) is 18.0 Å². The Bertz CT molecular complexity index is 1470. The molecule has 0 spiro atoms. The zero-order valence-electron chi connectivity index (χ0n) is 23.3. The fourth-order valence-electron chi connectivity index (χ4n) is 4.43. The van der Waals surface area contributed by atoms with Crippen molar-refractivity contribution < 1.29 is 18.0 Å². The third-order valence-corrected chi connectivity index (χ3v) is 8.98. The van der Waals surface area contributed by atoms with Crippen LogP contribution in [-0.4, -0.2) is 50.5 Å². The van der Waals surface area contributed by atoms with E-state index in [4.69, 9.17) is 46.4 Å². The molecule has 0 aliphatic carbocycles. The van der Waals surface area contributed by atoms with Gasteiger partial charge in [-0.2, -0.15) is 0 Å². The molecule has 0 heterocycles. The first-order valence-corrected chi connectivity index (χ1v) is 16.7. The van der Waals surface area contributed by atoms with Gasteiger partial charge in [-0.1, -0.05) is 89.7 Å². The van der Waals surface area contributed by atoms with Crippen molar-refractivity contribution >= 4 is 73.9 Å². The zero-order valence-corrected chi connectivity index (χ0v) is 27.2. The van der Waals surface area contributed by atoms with Crippen molar-refractivity contribution in [3.05, 3.63) is 97.9 Å². The largest absolute Gasteiger partial charge is 0.354 e. The Morgan fingerprint density at radius 1 is 0.905 bits per heavy atom. The molecule has 42 heavy (non-hydrogen) atoms. The highest BCUT2D eigenvalue weighted by Crippen LogP contribution is 2.31. The highest BCUT2D eigenvalue weighted by molar-refractivity contribution is 7.92. The Morgan fingerprint density at radius 3 is 2.19 bits per heavy atom. The van der Waals surface area contributed by atoms with Crippen LogP contribution < -0.4 is 9.62 Å². The van der Waals surface area contributed by atoms with Gasteiger partial charge in [0.2, 0.25) is 21.8 Å². The molecule has 2 amide bonds. The van der Waals surface area contributed by atoms with Gasteiger partial charge in [0.15, 0.2) is 0 Å². The monoisotopic (exact) mass is 671 g/mol. The minimum atomic E-state index is -3.75. The van der Waals surface area contributed by atoms with Gasteiger partial charge < -0.3 is 10.2 Å². The van der Waals surface area contributed by atoms with Crippen LogP contribution in [0.2, 0.25) is 20.1 Å². The second-order valence-electron chi connectivity index (χ2n) is 9.75. The minimum absolute atomic E-state index is 0.00963. The number of hydrogen-bond donors (Lipinski definition) is 1. The lowest BCUT2D eigenvalue weighted by Gasteiger charge is -2.32. The van der Waals surface area contributed by atoms with Gasteiger partial charge in [-0.15, -0.1) is 0 Å². The topological polar surface area (TPSA) is 86.8 Å².